The molecule has 2 heterocycles. The van der Waals surface area contributed by atoms with Crippen LogP contribution < -0.4 is 5.73 Å². The van der Waals surface area contributed by atoms with E-state index >= 15 is 0 Å². The summed E-state index contributed by atoms with van der Waals surface area (Å²) < 4.78 is 10.8. The van der Waals surface area contributed by atoms with Gasteiger partial charge in [-0.25, -0.2) is 0 Å². The number of nitrogens with zero attached hydrogens (tertiary/aromatic N) is 2. The van der Waals surface area contributed by atoms with E-state index in [2.05, 4.69) is 10.1 Å². The molecule has 0 amide bonds. The van der Waals surface area contributed by atoms with Crippen molar-refractivity contribution < 1.29 is 9.26 Å². The van der Waals surface area contributed by atoms with Crippen molar-refractivity contribution in [2.45, 2.75) is 51.0 Å². The summed E-state index contributed by atoms with van der Waals surface area (Å²) in [5.41, 5.74) is 5.78. The van der Waals surface area contributed by atoms with Crippen LogP contribution in [0.2, 0.25) is 0 Å². The Morgan fingerprint density at radius 1 is 1.41 bits per heavy atom. The SMILES string of the molecule is CCC(N)(CC)c1noc(C2CCCOC2)n1. The summed E-state index contributed by atoms with van der Waals surface area (Å²) >= 11 is 0. The van der Waals surface area contributed by atoms with E-state index in [0.29, 0.717) is 18.3 Å². The van der Waals surface area contributed by atoms with Crippen LogP contribution in [0, 0.1) is 0 Å². The molecule has 17 heavy (non-hydrogen) atoms. The molecule has 0 aromatic carbocycles. The Morgan fingerprint density at radius 2 is 2.18 bits per heavy atom. The minimum absolute atomic E-state index is 0.239. The van der Waals surface area contributed by atoms with E-state index in [-0.39, 0.29) is 5.92 Å². The molecule has 5 heteroatoms. The van der Waals surface area contributed by atoms with E-state index in [9.17, 15) is 0 Å². The highest BCUT2D eigenvalue weighted by Gasteiger charge is 2.31. The second-order valence-electron chi connectivity index (χ2n) is 4.73. The lowest BCUT2D eigenvalue weighted by atomic mass is 9.93. The van der Waals surface area contributed by atoms with Gasteiger partial charge >= 0.3 is 0 Å². The lowest BCUT2D eigenvalue weighted by Crippen LogP contribution is -2.36. The Balaban J connectivity index is 2.14. The quantitative estimate of drug-likeness (QED) is 0.869. The molecular formula is C12H21N3O2. The van der Waals surface area contributed by atoms with Gasteiger partial charge in [0.15, 0.2) is 5.82 Å². The minimum atomic E-state index is -0.461. The normalized spacial score (nSPS) is 21.7. The fourth-order valence-corrected chi connectivity index (χ4v) is 2.10. The van der Waals surface area contributed by atoms with Gasteiger partial charge in [-0.3, -0.25) is 0 Å². The van der Waals surface area contributed by atoms with E-state index in [1.165, 1.54) is 0 Å². The Bertz CT molecular complexity index is 354. The average Bonchev–Trinajstić information content (AvgIpc) is 2.89. The first kappa shape index (κ1) is 12.5. The van der Waals surface area contributed by atoms with Crippen molar-refractivity contribution >= 4 is 0 Å². The van der Waals surface area contributed by atoms with Gasteiger partial charge in [0.1, 0.15) is 0 Å². The molecule has 1 fully saturated rings. The molecule has 1 unspecified atom stereocenters. The molecule has 0 bridgehead atoms. The van der Waals surface area contributed by atoms with Crippen LogP contribution in [0.3, 0.4) is 0 Å². The van der Waals surface area contributed by atoms with Crippen LogP contribution in [0.15, 0.2) is 4.52 Å². The number of aromatic nitrogens is 2. The fraction of sp³-hybridized carbons (Fsp3) is 0.833. The first-order chi connectivity index (χ1) is 8.19. The van der Waals surface area contributed by atoms with E-state index in [1.807, 2.05) is 13.8 Å². The Kier molecular flexibility index (Phi) is 3.79. The molecule has 5 nitrogen and oxygen atoms in total. The van der Waals surface area contributed by atoms with E-state index in [0.717, 1.165) is 32.3 Å². The van der Waals surface area contributed by atoms with Gasteiger partial charge < -0.3 is 15.0 Å². The molecule has 1 aliphatic heterocycles. The lowest BCUT2D eigenvalue weighted by molar-refractivity contribution is 0.0705. The van der Waals surface area contributed by atoms with Crippen molar-refractivity contribution in [3.63, 3.8) is 0 Å². The van der Waals surface area contributed by atoms with Gasteiger partial charge in [-0.1, -0.05) is 19.0 Å². The highest BCUT2D eigenvalue weighted by molar-refractivity contribution is 5.05. The molecule has 1 atom stereocenters. The van der Waals surface area contributed by atoms with Crippen LogP contribution in [-0.4, -0.2) is 23.4 Å². The second-order valence-corrected chi connectivity index (χ2v) is 4.73. The zero-order valence-electron chi connectivity index (χ0n) is 10.6. The van der Waals surface area contributed by atoms with Crippen LogP contribution in [0.4, 0.5) is 0 Å². The van der Waals surface area contributed by atoms with Gasteiger partial charge in [0.05, 0.1) is 18.1 Å². The molecule has 1 saturated heterocycles. The predicted molar refractivity (Wildman–Crippen MR) is 63.5 cm³/mol. The first-order valence-electron chi connectivity index (χ1n) is 6.40. The molecule has 0 spiro atoms. The number of hydrogen-bond donors (Lipinski definition) is 1. The highest BCUT2D eigenvalue weighted by atomic mass is 16.5. The highest BCUT2D eigenvalue weighted by Crippen LogP contribution is 2.28. The third-order valence-corrected chi connectivity index (χ3v) is 3.66. The maximum Gasteiger partial charge on any atom is 0.232 e. The Labute approximate surface area is 102 Å². The summed E-state index contributed by atoms with van der Waals surface area (Å²) in [5.74, 6) is 1.54. The largest absolute Gasteiger partial charge is 0.381 e. The van der Waals surface area contributed by atoms with Gasteiger partial charge in [0.2, 0.25) is 5.89 Å². The Morgan fingerprint density at radius 3 is 2.76 bits per heavy atom. The summed E-state index contributed by atoms with van der Waals surface area (Å²) in [6.45, 7) is 5.60. The summed E-state index contributed by atoms with van der Waals surface area (Å²) in [6, 6.07) is 0. The third-order valence-electron chi connectivity index (χ3n) is 3.66. The summed E-state index contributed by atoms with van der Waals surface area (Å²) in [6.07, 6.45) is 3.72. The molecule has 2 N–H and O–H groups in total. The molecule has 0 saturated carbocycles. The van der Waals surface area contributed by atoms with Crippen molar-refractivity contribution in [2.24, 2.45) is 5.73 Å². The summed E-state index contributed by atoms with van der Waals surface area (Å²) in [4.78, 5) is 4.46. The summed E-state index contributed by atoms with van der Waals surface area (Å²) in [7, 11) is 0. The second kappa shape index (κ2) is 5.14. The van der Waals surface area contributed by atoms with E-state index < -0.39 is 5.54 Å². The maximum absolute atomic E-state index is 6.24. The van der Waals surface area contributed by atoms with Gasteiger partial charge in [-0.2, -0.15) is 4.98 Å². The lowest BCUT2D eigenvalue weighted by Gasteiger charge is -2.22. The Hall–Kier alpha value is -0.940. The number of rotatable bonds is 4. The number of hydrogen-bond acceptors (Lipinski definition) is 5. The van der Waals surface area contributed by atoms with Crippen LogP contribution in [0.25, 0.3) is 0 Å². The van der Waals surface area contributed by atoms with Crippen molar-refractivity contribution in [3.8, 4) is 0 Å². The molecule has 0 radical (unpaired) electrons. The third kappa shape index (κ3) is 2.50. The van der Waals surface area contributed by atoms with Crippen molar-refractivity contribution in [1.29, 1.82) is 0 Å². The zero-order valence-corrected chi connectivity index (χ0v) is 10.6. The topological polar surface area (TPSA) is 74.2 Å². The van der Waals surface area contributed by atoms with E-state index in [4.69, 9.17) is 15.0 Å². The molecular weight excluding hydrogens is 218 g/mol. The average molecular weight is 239 g/mol. The van der Waals surface area contributed by atoms with Crippen LogP contribution in [0.5, 0.6) is 0 Å². The van der Waals surface area contributed by atoms with Crippen molar-refractivity contribution in [3.05, 3.63) is 11.7 Å². The maximum atomic E-state index is 6.24. The first-order valence-corrected chi connectivity index (χ1v) is 6.40. The van der Waals surface area contributed by atoms with Crippen molar-refractivity contribution in [1.82, 2.24) is 10.1 Å². The fourth-order valence-electron chi connectivity index (χ4n) is 2.10. The van der Waals surface area contributed by atoms with Gasteiger partial charge in [0.25, 0.3) is 0 Å². The van der Waals surface area contributed by atoms with Crippen LogP contribution in [-0.2, 0) is 10.3 Å². The molecule has 1 aromatic rings. The number of nitrogens with two attached hydrogens (primary N) is 1. The smallest absolute Gasteiger partial charge is 0.232 e. The standard InChI is InChI=1S/C12H21N3O2/c1-3-12(13,4-2)11-14-10(17-15-11)9-6-5-7-16-8-9/h9H,3-8,13H2,1-2H3. The van der Waals surface area contributed by atoms with Crippen molar-refractivity contribution in [2.75, 3.05) is 13.2 Å². The predicted octanol–water partition coefficient (Wildman–Crippen LogP) is 1.94. The number of ether oxygens (including phenoxy) is 1. The monoisotopic (exact) mass is 239 g/mol. The zero-order chi connectivity index (χ0) is 12.3. The molecule has 2 rings (SSSR count). The molecule has 96 valence electrons. The van der Waals surface area contributed by atoms with Gasteiger partial charge in [-0.05, 0) is 25.7 Å². The molecule has 0 aliphatic carbocycles. The molecule has 1 aromatic heterocycles. The van der Waals surface area contributed by atoms with E-state index in [1.54, 1.807) is 0 Å². The van der Waals surface area contributed by atoms with Crippen LogP contribution >= 0.6 is 0 Å². The summed E-state index contributed by atoms with van der Waals surface area (Å²) in [5, 5.41) is 4.04. The van der Waals surface area contributed by atoms with Gasteiger partial charge in [0, 0.05) is 6.61 Å². The molecule has 1 aliphatic rings. The van der Waals surface area contributed by atoms with Crippen LogP contribution in [0.1, 0.15) is 57.2 Å². The van der Waals surface area contributed by atoms with Gasteiger partial charge in [-0.15, -0.1) is 0 Å². The minimum Gasteiger partial charge on any atom is -0.381 e.